The van der Waals surface area contributed by atoms with Gasteiger partial charge < -0.3 is 34.4 Å². The van der Waals surface area contributed by atoms with Crippen LogP contribution in [0.4, 0.5) is 0 Å². The molecule has 0 aliphatic rings. The summed E-state index contributed by atoms with van der Waals surface area (Å²) in [6, 6.07) is 0. The number of esters is 2. The maximum Gasteiger partial charge on any atom is 0.472 e. The van der Waals surface area contributed by atoms with Gasteiger partial charge in [0.2, 0.25) is 0 Å². The zero-order valence-corrected chi connectivity index (χ0v) is 38.6. The molecule has 2 unspecified atom stereocenters. The van der Waals surface area contributed by atoms with Crippen molar-refractivity contribution in [3.8, 4) is 0 Å². The zero-order valence-electron chi connectivity index (χ0n) is 36.8. The molecule has 0 aliphatic heterocycles. The molecule has 0 aromatic heterocycles. The van der Waals surface area contributed by atoms with Gasteiger partial charge in [-0.1, -0.05) is 153 Å². The SMILES string of the molecule is CCCC(O)C/C=C\C/C=C\C/C=C\C/C=C\CCCC(=O)OC[C@H](COP(=O)(O)OC[C@@H](O)COP(=O)(O)O)OC(=O)CCCCCCCCCCCCCCC(C)C. The van der Waals surface area contributed by atoms with E-state index in [1.165, 1.54) is 51.4 Å². The third-order valence-electron chi connectivity index (χ3n) is 9.19. The molecule has 60 heavy (non-hydrogen) atoms. The highest BCUT2D eigenvalue weighted by Crippen LogP contribution is 2.43. The Labute approximate surface area is 361 Å². The average Bonchev–Trinajstić information content (AvgIpc) is 3.18. The minimum atomic E-state index is -4.87. The molecule has 0 bridgehead atoms. The second kappa shape index (κ2) is 38.7. The van der Waals surface area contributed by atoms with Crippen LogP contribution in [0.1, 0.15) is 168 Å². The molecule has 14 nitrogen and oxygen atoms in total. The van der Waals surface area contributed by atoms with Gasteiger partial charge in [-0.2, -0.15) is 0 Å². The van der Waals surface area contributed by atoms with Crippen molar-refractivity contribution < 1.29 is 66.7 Å². The predicted octanol–water partition coefficient (Wildman–Crippen LogP) is 10.3. The number of phosphoric ester groups is 2. The van der Waals surface area contributed by atoms with Gasteiger partial charge >= 0.3 is 27.6 Å². The summed E-state index contributed by atoms with van der Waals surface area (Å²) in [7, 11) is -9.70. The molecule has 4 atom stereocenters. The molecule has 0 rings (SSSR count). The smallest absolute Gasteiger partial charge is 0.462 e. The van der Waals surface area contributed by atoms with Crippen LogP contribution in [-0.4, -0.2) is 81.6 Å². The summed E-state index contributed by atoms with van der Waals surface area (Å²) in [6.07, 6.45) is 34.6. The molecular formula is C44H80O14P2. The molecule has 0 aromatic carbocycles. The zero-order chi connectivity index (χ0) is 44.7. The Kier molecular flexibility index (Phi) is 37.4. The molecule has 16 heteroatoms. The Bertz CT molecular complexity index is 1280. The maximum atomic E-state index is 12.7. The van der Waals surface area contributed by atoms with E-state index in [-0.39, 0.29) is 18.9 Å². The summed E-state index contributed by atoms with van der Waals surface area (Å²) in [5.41, 5.74) is 0. The first-order valence-electron chi connectivity index (χ1n) is 22.3. The quantitative estimate of drug-likeness (QED) is 0.0167. The minimum absolute atomic E-state index is 0.104. The first-order chi connectivity index (χ1) is 28.6. The monoisotopic (exact) mass is 895 g/mol. The minimum Gasteiger partial charge on any atom is -0.462 e. The van der Waals surface area contributed by atoms with Crippen LogP contribution in [0.5, 0.6) is 0 Å². The van der Waals surface area contributed by atoms with E-state index < -0.39 is 66.2 Å². The molecule has 0 amide bonds. The number of carbonyl (C=O) groups is 2. The summed E-state index contributed by atoms with van der Waals surface area (Å²) < 4.78 is 47.7. The summed E-state index contributed by atoms with van der Waals surface area (Å²) in [4.78, 5) is 52.7. The normalized spacial score (nSPS) is 15.1. The first-order valence-corrected chi connectivity index (χ1v) is 25.3. The Balaban J connectivity index is 4.61. The van der Waals surface area contributed by atoms with Gasteiger partial charge in [-0.25, -0.2) is 9.13 Å². The number of hydrogen-bond donors (Lipinski definition) is 5. The van der Waals surface area contributed by atoms with Crippen molar-refractivity contribution in [1.29, 1.82) is 0 Å². The van der Waals surface area contributed by atoms with Crippen LogP contribution < -0.4 is 0 Å². The number of ether oxygens (including phenoxy) is 2. The third-order valence-corrected chi connectivity index (χ3v) is 10.6. The van der Waals surface area contributed by atoms with Gasteiger partial charge in [0.15, 0.2) is 6.10 Å². The van der Waals surface area contributed by atoms with Crippen LogP contribution in [0, 0.1) is 5.92 Å². The van der Waals surface area contributed by atoms with E-state index in [9.17, 15) is 33.8 Å². The number of unbranched alkanes of at least 4 members (excludes halogenated alkanes) is 12. The van der Waals surface area contributed by atoms with Gasteiger partial charge in [0, 0.05) is 12.8 Å². The van der Waals surface area contributed by atoms with Gasteiger partial charge in [0.25, 0.3) is 0 Å². The number of hydrogen-bond acceptors (Lipinski definition) is 11. The van der Waals surface area contributed by atoms with Crippen LogP contribution in [0.2, 0.25) is 0 Å². The Morgan fingerprint density at radius 2 is 1.03 bits per heavy atom. The molecule has 0 fully saturated rings. The number of aliphatic hydroxyl groups excluding tert-OH is 2. The highest BCUT2D eigenvalue weighted by atomic mass is 31.2. The molecule has 0 aromatic rings. The van der Waals surface area contributed by atoms with Crippen molar-refractivity contribution in [1.82, 2.24) is 0 Å². The molecule has 0 spiro atoms. The lowest BCUT2D eigenvalue weighted by Crippen LogP contribution is -2.30. The average molecular weight is 895 g/mol. The molecule has 5 N–H and O–H groups in total. The highest BCUT2D eigenvalue weighted by Gasteiger charge is 2.28. The highest BCUT2D eigenvalue weighted by molar-refractivity contribution is 7.47. The van der Waals surface area contributed by atoms with Gasteiger partial charge in [-0.15, -0.1) is 0 Å². The van der Waals surface area contributed by atoms with Crippen LogP contribution in [-0.2, 0) is 41.8 Å². The topological polar surface area (TPSA) is 216 Å². The van der Waals surface area contributed by atoms with Gasteiger partial charge in [0.1, 0.15) is 12.7 Å². The molecular weight excluding hydrogens is 814 g/mol. The number of rotatable bonds is 41. The van der Waals surface area contributed by atoms with E-state index in [0.717, 1.165) is 63.7 Å². The summed E-state index contributed by atoms with van der Waals surface area (Å²) in [5, 5.41) is 19.5. The fraction of sp³-hybridized carbons (Fsp3) is 0.773. The Morgan fingerprint density at radius 3 is 1.58 bits per heavy atom. The van der Waals surface area contributed by atoms with Crippen molar-refractivity contribution in [3.63, 3.8) is 0 Å². The van der Waals surface area contributed by atoms with Gasteiger partial charge in [0.05, 0.1) is 25.9 Å². The lowest BCUT2D eigenvalue weighted by atomic mass is 10.0. The van der Waals surface area contributed by atoms with E-state index in [1.54, 1.807) is 0 Å². The summed E-state index contributed by atoms with van der Waals surface area (Å²) >= 11 is 0. The number of allylic oxidation sites excluding steroid dienone is 7. The lowest BCUT2D eigenvalue weighted by Gasteiger charge is -2.20. The van der Waals surface area contributed by atoms with Crippen molar-refractivity contribution in [2.75, 3.05) is 26.4 Å². The number of phosphoric acid groups is 2. The standard InChI is InChI=1S/C44H80O14P2/c1-4-30-40(45)32-27-23-19-15-11-6-5-7-12-16-20-24-28-33-43(47)54-37-42(38-57-60(52,53)56-36-41(46)35-55-59(49,50)51)58-44(48)34-29-25-21-17-13-9-8-10-14-18-22-26-31-39(2)3/h5,7,11,15-16,20,23,27,39-42,45-46H,4,6,8-10,12-14,17-19,21-22,24-26,28-38H2,1-3H3,(H,52,53)(H2,49,50,51)/b7-5-,15-11-,20-16-,27-23-/t40?,41-,42+/m0/s1. The summed E-state index contributed by atoms with van der Waals surface area (Å²) in [6.45, 7) is 3.80. The number of carbonyl (C=O) groups excluding carboxylic acids is 2. The molecule has 0 heterocycles. The van der Waals surface area contributed by atoms with Crippen LogP contribution in [0.15, 0.2) is 48.6 Å². The fourth-order valence-electron chi connectivity index (χ4n) is 5.83. The predicted molar refractivity (Wildman–Crippen MR) is 236 cm³/mol. The molecule has 0 aliphatic carbocycles. The van der Waals surface area contributed by atoms with Crippen LogP contribution >= 0.6 is 15.6 Å². The van der Waals surface area contributed by atoms with Crippen molar-refractivity contribution >= 4 is 27.6 Å². The summed E-state index contributed by atoms with van der Waals surface area (Å²) in [5.74, 6) is -0.331. The Hall–Kier alpha value is -1.96. The number of aliphatic hydroxyl groups is 2. The van der Waals surface area contributed by atoms with Crippen molar-refractivity contribution in [2.24, 2.45) is 5.92 Å². The molecule has 0 saturated heterocycles. The van der Waals surface area contributed by atoms with Crippen LogP contribution in [0.25, 0.3) is 0 Å². The van der Waals surface area contributed by atoms with Crippen LogP contribution in [0.3, 0.4) is 0 Å². The second-order valence-corrected chi connectivity index (χ2v) is 18.3. The largest absolute Gasteiger partial charge is 0.472 e. The molecule has 350 valence electrons. The second-order valence-electron chi connectivity index (χ2n) is 15.6. The lowest BCUT2D eigenvalue weighted by molar-refractivity contribution is -0.161. The van der Waals surface area contributed by atoms with Gasteiger partial charge in [-0.05, 0) is 57.3 Å². The van der Waals surface area contributed by atoms with E-state index in [4.69, 9.17) is 23.8 Å². The van der Waals surface area contributed by atoms with Crippen molar-refractivity contribution in [3.05, 3.63) is 48.6 Å². The Morgan fingerprint density at radius 1 is 0.550 bits per heavy atom. The van der Waals surface area contributed by atoms with E-state index >= 15 is 0 Å². The van der Waals surface area contributed by atoms with E-state index in [1.807, 2.05) is 18.2 Å². The van der Waals surface area contributed by atoms with E-state index in [0.29, 0.717) is 25.7 Å². The van der Waals surface area contributed by atoms with E-state index in [2.05, 4.69) is 60.2 Å². The first kappa shape index (κ1) is 58.0. The molecule has 0 radical (unpaired) electrons. The third kappa shape index (κ3) is 42.7. The molecule has 0 saturated carbocycles. The van der Waals surface area contributed by atoms with Gasteiger partial charge in [-0.3, -0.25) is 23.2 Å². The fourth-order valence-corrected chi connectivity index (χ4v) is 6.99. The van der Waals surface area contributed by atoms with Crippen molar-refractivity contribution in [2.45, 2.75) is 187 Å². The maximum absolute atomic E-state index is 12.7.